The van der Waals surface area contributed by atoms with Crippen molar-refractivity contribution in [2.24, 2.45) is 12.0 Å². The molecule has 0 amide bonds. The Kier molecular flexibility index (Phi) is 10.1. The van der Waals surface area contributed by atoms with Crippen LogP contribution in [0.1, 0.15) is 38.1 Å². The van der Waals surface area contributed by atoms with E-state index in [1.165, 1.54) is 5.56 Å². The van der Waals surface area contributed by atoms with E-state index in [-0.39, 0.29) is 35.6 Å². The van der Waals surface area contributed by atoms with Crippen molar-refractivity contribution < 1.29 is 4.74 Å². The smallest absolute Gasteiger partial charge is 0.191 e. The SMILES string of the molecule is CCNC(=NCc1ccnn1C)NCC(c1ccc(Cl)cc1)N1CCOC(C)(C)C1.I. The Morgan fingerprint density at radius 1 is 1.26 bits per heavy atom. The fourth-order valence-corrected chi connectivity index (χ4v) is 3.84. The maximum atomic E-state index is 6.13. The number of aromatic nitrogens is 2. The number of aryl methyl sites for hydroxylation is 1. The summed E-state index contributed by atoms with van der Waals surface area (Å²) in [4.78, 5) is 7.22. The topological polar surface area (TPSA) is 66.7 Å². The average Bonchev–Trinajstić information content (AvgIpc) is 3.11. The normalized spacial score (nSPS) is 17.6. The standard InChI is InChI=1S/C22H33ClN6O.HI/c1-5-24-21(25-14-19-10-11-27-28(19)4)26-15-20(17-6-8-18(23)9-7-17)29-12-13-30-22(2,3)16-29;/h6-11,20H,5,12-16H2,1-4H3,(H2,24,25,26);1H. The number of nitrogens with zero attached hydrogens (tertiary/aromatic N) is 4. The van der Waals surface area contributed by atoms with Gasteiger partial charge in [-0.3, -0.25) is 9.58 Å². The first-order chi connectivity index (χ1) is 14.4. The molecule has 0 saturated carbocycles. The summed E-state index contributed by atoms with van der Waals surface area (Å²) in [6, 6.07) is 10.3. The van der Waals surface area contributed by atoms with Crippen molar-refractivity contribution in [2.45, 2.75) is 39.0 Å². The molecule has 0 radical (unpaired) electrons. The first kappa shape index (κ1) is 25.9. The Morgan fingerprint density at radius 3 is 2.61 bits per heavy atom. The van der Waals surface area contributed by atoms with Gasteiger partial charge in [0.05, 0.1) is 30.5 Å². The molecule has 1 aromatic carbocycles. The summed E-state index contributed by atoms with van der Waals surface area (Å²) in [5.74, 6) is 0.796. The number of guanidine groups is 1. The van der Waals surface area contributed by atoms with Crippen LogP contribution in [0.15, 0.2) is 41.5 Å². The summed E-state index contributed by atoms with van der Waals surface area (Å²) in [7, 11) is 1.93. The summed E-state index contributed by atoms with van der Waals surface area (Å²) in [5.41, 5.74) is 2.13. The maximum Gasteiger partial charge on any atom is 0.191 e. The highest BCUT2D eigenvalue weighted by Crippen LogP contribution is 2.27. The van der Waals surface area contributed by atoms with Crippen molar-refractivity contribution in [3.05, 3.63) is 52.8 Å². The van der Waals surface area contributed by atoms with Crippen LogP contribution in [0.2, 0.25) is 5.02 Å². The van der Waals surface area contributed by atoms with Crippen molar-refractivity contribution in [1.29, 1.82) is 0 Å². The Bertz CT molecular complexity index is 839. The van der Waals surface area contributed by atoms with Gasteiger partial charge in [0.25, 0.3) is 0 Å². The summed E-state index contributed by atoms with van der Waals surface area (Å²) in [6.45, 7) is 10.9. The fraction of sp³-hybridized carbons (Fsp3) is 0.545. The van der Waals surface area contributed by atoms with Gasteiger partial charge >= 0.3 is 0 Å². The fourth-order valence-electron chi connectivity index (χ4n) is 3.71. The highest BCUT2D eigenvalue weighted by atomic mass is 127. The molecule has 1 atom stereocenters. The third kappa shape index (κ3) is 7.62. The van der Waals surface area contributed by atoms with E-state index in [9.17, 15) is 0 Å². The number of rotatable bonds is 7. The van der Waals surface area contributed by atoms with Crippen LogP contribution in [-0.4, -0.2) is 59.0 Å². The summed E-state index contributed by atoms with van der Waals surface area (Å²) in [5, 5.41) is 11.8. The van der Waals surface area contributed by atoms with E-state index in [2.05, 4.69) is 53.5 Å². The molecule has 172 valence electrons. The molecule has 1 saturated heterocycles. The van der Waals surface area contributed by atoms with Gasteiger partial charge in [0, 0.05) is 44.4 Å². The zero-order chi connectivity index (χ0) is 21.6. The second kappa shape index (κ2) is 12.0. The molecule has 0 spiro atoms. The Hall–Kier alpha value is -1.36. The lowest BCUT2D eigenvalue weighted by Gasteiger charge is -2.42. The molecule has 3 rings (SSSR count). The number of nitrogens with one attached hydrogen (secondary N) is 2. The molecular formula is C22H34ClIN6O. The van der Waals surface area contributed by atoms with Crippen LogP contribution >= 0.6 is 35.6 Å². The highest BCUT2D eigenvalue weighted by Gasteiger charge is 2.32. The molecule has 31 heavy (non-hydrogen) atoms. The molecule has 2 N–H and O–H groups in total. The van der Waals surface area contributed by atoms with Crippen LogP contribution in [0.5, 0.6) is 0 Å². The van der Waals surface area contributed by atoms with Crippen LogP contribution < -0.4 is 10.6 Å². The average molecular weight is 561 g/mol. The first-order valence-corrected chi connectivity index (χ1v) is 10.9. The second-order valence-corrected chi connectivity index (χ2v) is 8.60. The van der Waals surface area contributed by atoms with Gasteiger partial charge in [-0.25, -0.2) is 4.99 Å². The van der Waals surface area contributed by atoms with E-state index in [1.54, 1.807) is 6.20 Å². The minimum Gasteiger partial charge on any atom is -0.373 e. The molecule has 2 heterocycles. The number of hydrogen-bond donors (Lipinski definition) is 2. The van der Waals surface area contributed by atoms with Crippen LogP contribution in [-0.2, 0) is 18.3 Å². The van der Waals surface area contributed by atoms with Crippen molar-refractivity contribution in [3.63, 3.8) is 0 Å². The number of benzene rings is 1. The van der Waals surface area contributed by atoms with Gasteiger partial charge < -0.3 is 15.4 Å². The van der Waals surface area contributed by atoms with Gasteiger partial charge in [0.1, 0.15) is 0 Å². The molecule has 9 heteroatoms. The van der Waals surface area contributed by atoms with E-state index in [1.807, 2.05) is 29.9 Å². The predicted octanol–water partition coefficient (Wildman–Crippen LogP) is 3.60. The van der Waals surface area contributed by atoms with E-state index in [0.29, 0.717) is 6.54 Å². The minimum atomic E-state index is -0.166. The van der Waals surface area contributed by atoms with Crippen LogP contribution in [0.4, 0.5) is 0 Å². The van der Waals surface area contributed by atoms with E-state index in [0.717, 1.165) is 49.5 Å². The molecule has 0 aliphatic carbocycles. The second-order valence-electron chi connectivity index (χ2n) is 8.17. The van der Waals surface area contributed by atoms with E-state index < -0.39 is 0 Å². The van der Waals surface area contributed by atoms with Crippen LogP contribution in [0.3, 0.4) is 0 Å². The molecule has 1 aromatic heterocycles. The Labute approximate surface area is 207 Å². The third-order valence-corrected chi connectivity index (χ3v) is 5.53. The lowest BCUT2D eigenvalue weighted by molar-refractivity contribution is -0.0971. The molecule has 1 unspecified atom stereocenters. The van der Waals surface area contributed by atoms with Crippen LogP contribution in [0, 0.1) is 0 Å². The molecule has 2 aromatic rings. The van der Waals surface area contributed by atoms with Gasteiger partial charge in [0.2, 0.25) is 0 Å². The van der Waals surface area contributed by atoms with Gasteiger partial charge in [-0.05, 0) is 44.5 Å². The maximum absolute atomic E-state index is 6.13. The van der Waals surface area contributed by atoms with Crippen molar-refractivity contribution >= 4 is 41.5 Å². The van der Waals surface area contributed by atoms with Gasteiger partial charge in [-0.2, -0.15) is 5.10 Å². The molecule has 1 aliphatic heterocycles. The number of ether oxygens (including phenoxy) is 1. The van der Waals surface area contributed by atoms with Crippen molar-refractivity contribution in [1.82, 2.24) is 25.3 Å². The predicted molar refractivity (Wildman–Crippen MR) is 137 cm³/mol. The molecule has 1 fully saturated rings. The lowest BCUT2D eigenvalue weighted by Crippen LogP contribution is -2.52. The zero-order valence-corrected chi connectivity index (χ0v) is 21.9. The highest BCUT2D eigenvalue weighted by molar-refractivity contribution is 14.0. The lowest BCUT2D eigenvalue weighted by atomic mass is 10.0. The van der Waals surface area contributed by atoms with Crippen molar-refractivity contribution in [3.8, 4) is 0 Å². The number of aliphatic imine (C=N–C) groups is 1. The van der Waals surface area contributed by atoms with E-state index in [4.69, 9.17) is 21.3 Å². The largest absolute Gasteiger partial charge is 0.373 e. The first-order valence-electron chi connectivity index (χ1n) is 10.5. The molecular weight excluding hydrogens is 527 g/mol. The number of morpholine rings is 1. The van der Waals surface area contributed by atoms with Crippen LogP contribution in [0.25, 0.3) is 0 Å². The summed E-state index contributed by atoms with van der Waals surface area (Å²) >= 11 is 6.13. The summed E-state index contributed by atoms with van der Waals surface area (Å²) < 4.78 is 7.78. The number of halogens is 2. The van der Waals surface area contributed by atoms with Crippen molar-refractivity contribution in [2.75, 3.05) is 32.8 Å². The van der Waals surface area contributed by atoms with Gasteiger partial charge in [0.15, 0.2) is 5.96 Å². The zero-order valence-electron chi connectivity index (χ0n) is 18.8. The Morgan fingerprint density at radius 2 is 2.00 bits per heavy atom. The Balaban J connectivity index is 0.00000341. The monoisotopic (exact) mass is 560 g/mol. The quantitative estimate of drug-likeness (QED) is 0.308. The summed E-state index contributed by atoms with van der Waals surface area (Å²) in [6.07, 6.45) is 1.79. The molecule has 7 nitrogen and oxygen atoms in total. The van der Waals surface area contributed by atoms with Gasteiger partial charge in [-0.1, -0.05) is 23.7 Å². The van der Waals surface area contributed by atoms with E-state index >= 15 is 0 Å². The van der Waals surface area contributed by atoms with Gasteiger partial charge in [-0.15, -0.1) is 24.0 Å². The molecule has 0 bridgehead atoms. The number of hydrogen-bond acceptors (Lipinski definition) is 4. The minimum absolute atomic E-state index is 0. The molecule has 1 aliphatic rings. The third-order valence-electron chi connectivity index (χ3n) is 5.28.